The highest BCUT2D eigenvalue weighted by atomic mass is 35.5. The molecular formula is C15H22Cl3N3O3S. The average Bonchev–Trinajstić information content (AvgIpc) is 2.57. The van der Waals surface area contributed by atoms with Crippen LogP contribution in [0, 0.1) is 0 Å². The highest BCUT2D eigenvalue weighted by molar-refractivity contribution is 7.89. The van der Waals surface area contributed by atoms with Crippen LogP contribution in [-0.2, 0) is 14.8 Å². The van der Waals surface area contributed by atoms with Gasteiger partial charge in [0.15, 0.2) is 0 Å². The van der Waals surface area contributed by atoms with Gasteiger partial charge in [-0.3, -0.25) is 4.79 Å². The number of halogens is 3. The first-order valence-electron chi connectivity index (χ1n) is 7.74. The van der Waals surface area contributed by atoms with Gasteiger partial charge in [0.1, 0.15) is 4.90 Å². The van der Waals surface area contributed by atoms with Gasteiger partial charge in [-0.15, -0.1) is 12.4 Å². The number of carbonyl (C=O) groups is 1. The Hall–Kier alpha value is -0.570. The Morgan fingerprint density at radius 1 is 1.20 bits per heavy atom. The fourth-order valence-electron chi connectivity index (χ4n) is 2.57. The fraction of sp³-hybridized carbons (Fsp3) is 0.533. The molecule has 2 rings (SSSR count). The van der Waals surface area contributed by atoms with E-state index in [2.05, 4.69) is 5.32 Å². The molecule has 1 aromatic carbocycles. The topological polar surface area (TPSA) is 69.7 Å². The minimum Gasteiger partial charge on any atom is -0.340 e. The molecule has 0 unspecified atom stereocenters. The van der Waals surface area contributed by atoms with E-state index >= 15 is 0 Å². The fourth-order valence-corrected chi connectivity index (χ4v) is 4.73. The smallest absolute Gasteiger partial charge is 0.244 e. The number of hydrogen-bond donors (Lipinski definition) is 1. The van der Waals surface area contributed by atoms with Crippen molar-refractivity contribution in [1.29, 1.82) is 0 Å². The van der Waals surface area contributed by atoms with E-state index in [0.717, 1.165) is 13.0 Å². The van der Waals surface area contributed by atoms with E-state index in [1.54, 1.807) is 17.0 Å². The molecule has 1 aliphatic rings. The lowest BCUT2D eigenvalue weighted by Gasteiger charge is -2.34. The van der Waals surface area contributed by atoms with E-state index in [4.69, 9.17) is 23.2 Å². The zero-order valence-electron chi connectivity index (χ0n) is 13.9. The molecule has 0 saturated carbocycles. The monoisotopic (exact) mass is 429 g/mol. The lowest BCUT2D eigenvalue weighted by atomic mass is 10.2. The van der Waals surface area contributed by atoms with Gasteiger partial charge in [-0.25, -0.2) is 8.42 Å². The largest absolute Gasteiger partial charge is 0.340 e. The van der Waals surface area contributed by atoms with E-state index in [-0.39, 0.29) is 46.3 Å². The van der Waals surface area contributed by atoms with E-state index < -0.39 is 10.0 Å². The lowest BCUT2D eigenvalue weighted by Crippen LogP contribution is -2.50. The van der Waals surface area contributed by atoms with Crippen molar-refractivity contribution in [3.8, 4) is 0 Å². The first kappa shape index (κ1) is 22.5. The maximum absolute atomic E-state index is 12.7. The summed E-state index contributed by atoms with van der Waals surface area (Å²) in [6.07, 6.45) is 1.24. The number of sulfonamides is 1. The number of carbonyl (C=O) groups excluding carboxylic acids is 1. The summed E-state index contributed by atoms with van der Waals surface area (Å²) in [6.45, 7) is 2.06. The standard InChI is InChI=1S/C15H21Cl2N3O3S.ClH/c1-18-7-3-6-14(21)19-8-10-20(11-9-19)24(22,23)13-5-2-4-12(16)15(13)17;/h2,4-5,18H,3,6-11H2,1H3;1H. The number of amides is 1. The number of hydrogen-bond acceptors (Lipinski definition) is 4. The molecule has 0 bridgehead atoms. The summed E-state index contributed by atoms with van der Waals surface area (Å²) in [5, 5.41) is 3.24. The van der Waals surface area contributed by atoms with Crippen LogP contribution in [0.5, 0.6) is 0 Å². The Morgan fingerprint density at radius 2 is 1.84 bits per heavy atom. The molecule has 142 valence electrons. The maximum atomic E-state index is 12.7. The molecule has 10 heteroatoms. The Balaban J connectivity index is 0.00000312. The summed E-state index contributed by atoms with van der Waals surface area (Å²) in [6, 6.07) is 4.55. The summed E-state index contributed by atoms with van der Waals surface area (Å²) < 4.78 is 26.8. The molecule has 25 heavy (non-hydrogen) atoms. The van der Waals surface area contributed by atoms with Gasteiger partial charge in [0, 0.05) is 32.6 Å². The summed E-state index contributed by atoms with van der Waals surface area (Å²) in [7, 11) is -1.87. The van der Waals surface area contributed by atoms with Gasteiger partial charge in [-0.2, -0.15) is 4.31 Å². The highest BCUT2D eigenvalue weighted by Gasteiger charge is 2.31. The Labute approximate surface area is 164 Å². The van der Waals surface area contributed by atoms with E-state index in [9.17, 15) is 13.2 Å². The minimum atomic E-state index is -3.72. The van der Waals surface area contributed by atoms with Crippen LogP contribution in [0.2, 0.25) is 10.0 Å². The highest BCUT2D eigenvalue weighted by Crippen LogP contribution is 2.31. The van der Waals surface area contributed by atoms with Crippen LogP contribution in [0.3, 0.4) is 0 Å². The third-order valence-corrected chi connectivity index (χ3v) is 6.81. The summed E-state index contributed by atoms with van der Waals surface area (Å²) in [4.78, 5) is 13.8. The van der Waals surface area contributed by atoms with Crippen molar-refractivity contribution in [3.63, 3.8) is 0 Å². The normalized spacial score (nSPS) is 15.7. The van der Waals surface area contributed by atoms with Crippen LogP contribution >= 0.6 is 35.6 Å². The quantitative estimate of drug-likeness (QED) is 0.703. The lowest BCUT2D eigenvalue weighted by molar-refractivity contribution is -0.132. The molecule has 0 aliphatic carbocycles. The zero-order chi connectivity index (χ0) is 17.7. The molecule has 1 N–H and O–H groups in total. The van der Waals surface area contributed by atoms with Crippen molar-refractivity contribution in [3.05, 3.63) is 28.2 Å². The van der Waals surface area contributed by atoms with Crippen molar-refractivity contribution in [2.24, 2.45) is 0 Å². The predicted octanol–water partition coefficient (Wildman–Crippen LogP) is 2.25. The second-order valence-electron chi connectivity index (χ2n) is 5.54. The Bertz CT molecular complexity index is 693. The van der Waals surface area contributed by atoms with Gasteiger partial charge < -0.3 is 10.2 Å². The SMILES string of the molecule is CNCCCC(=O)N1CCN(S(=O)(=O)c2cccc(Cl)c2Cl)CC1.Cl. The van der Waals surface area contributed by atoms with Gasteiger partial charge in [0.05, 0.1) is 10.0 Å². The molecule has 0 atom stereocenters. The molecule has 1 heterocycles. The van der Waals surface area contributed by atoms with Crippen molar-refractivity contribution in [2.75, 3.05) is 39.8 Å². The maximum Gasteiger partial charge on any atom is 0.244 e. The first-order valence-corrected chi connectivity index (χ1v) is 9.94. The Kier molecular flexibility index (Phi) is 8.94. The van der Waals surface area contributed by atoms with Crippen LogP contribution in [-0.4, -0.2) is 63.3 Å². The molecule has 0 radical (unpaired) electrons. The van der Waals surface area contributed by atoms with Gasteiger partial charge in [0.2, 0.25) is 15.9 Å². The van der Waals surface area contributed by atoms with E-state index in [1.807, 2.05) is 7.05 Å². The van der Waals surface area contributed by atoms with Crippen LogP contribution in [0.25, 0.3) is 0 Å². The molecule has 6 nitrogen and oxygen atoms in total. The molecule has 1 saturated heterocycles. The zero-order valence-corrected chi connectivity index (χ0v) is 17.0. The molecule has 1 amide bonds. The molecule has 1 fully saturated rings. The van der Waals surface area contributed by atoms with Crippen LogP contribution in [0.4, 0.5) is 0 Å². The molecular weight excluding hydrogens is 409 g/mol. The van der Waals surface area contributed by atoms with Crippen molar-refractivity contribution >= 4 is 51.5 Å². The molecule has 0 aromatic heterocycles. The van der Waals surface area contributed by atoms with Crippen LogP contribution < -0.4 is 5.32 Å². The number of nitrogens with zero attached hydrogens (tertiary/aromatic N) is 2. The average molecular weight is 431 g/mol. The van der Waals surface area contributed by atoms with Crippen molar-refractivity contribution < 1.29 is 13.2 Å². The second-order valence-corrected chi connectivity index (χ2v) is 8.24. The van der Waals surface area contributed by atoms with Crippen LogP contribution in [0.15, 0.2) is 23.1 Å². The summed E-state index contributed by atoms with van der Waals surface area (Å²) in [5.41, 5.74) is 0. The van der Waals surface area contributed by atoms with E-state index in [0.29, 0.717) is 19.5 Å². The van der Waals surface area contributed by atoms with Crippen LogP contribution in [0.1, 0.15) is 12.8 Å². The summed E-state index contributed by atoms with van der Waals surface area (Å²) >= 11 is 11.9. The number of benzene rings is 1. The van der Waals surface area contributed by atoms with Crippen molar-refractivity contribution in [2.45, 2.75) is 17.7 Å². The predicted molar refractivity (Wildman–Crippen MR) is 102 cm³/mol. The third-order valence-electron chi connectivity index (χ3n) is 3.94. The number of nitrogens with one attached hydrogen (secondary N) is 1. The van der Waals surface area contributed by atoms with Crippen molar-refractivity contribution in [1.82, 2.24) is 14.5 Å². The minimum absolute atomic E-state index is 0. The Morgan fingerprint density at radius 3 is 2.44 bits per heavy atom. The van der Waals surface area contributed by atoms with Gasteiger partial charge >= 0.3 is 0 Å². The van der Waals surface area contributed by atoms with Gasteiger partial charge in [0.25, 0.3) is 0 Å². The molecule has 1 aliphatic heterocycles. The third kappa shape index (κ3) is 5.45. The number of rotatable bonds is 6. The van der Waals surface area contributed by atoms with Gasteiger partial charge in [-0.1, -0.05) is 29.3 Å². The second kappa shape index (κ2) is 9.94. The number of piperazine rings is 1. The molecule has 1 aromatic rings. The first-order chi connectivity index (χ1) is 11.4. The molecule has 0 spiro atoms. The van der Waals surface area contributed by atoms with E-state index in [1.165, 1.54) is 10.4 Å². The summed E-state index contributed by atoms with van der Waals surface area (Å²) in [5.74, 6) is 0.0584. The van der Waals surface area contributed by atoms with Gasteiger partial charge in [-0.05, 0) is 32.1 Å².